The largest absolute Gasteiger partial charge is 0.308 e. The van der Waals surface area contributed by atoms with Crippen molar-refractivity contribution in [3.8, 4) is 11.8 Å². The van der Waals surface area contributed by atoms with E-state index in [9.17, 15) is 5.26 Å². The molecule has 0 bridgehead atoms. The number of fused-ring (bicyclic) bond motifs is 3. The molecule has 0 unspecified atom stereocenters. The van der Waals surface area contributed by atoms with Crippen LogP contribution in [0.4, 0.5) is 0 Å². The highest BCUT2D eigenvalue weighted by Crippen LogP contribution is 2.34. The van der Waals surface area contributed by atoms with Crippen molar-refractivity contribution in [2.75, 3.05) is 0 Å². The standard InChI is InChI=1S/C19H11BrN2/c20-16-8-5-11-19(15(16)12-21)22-17-9-3-1-6-13(17)14-7-2-4-10-18(14)22/h1-11H. The van der Waals surface area contributed by atoms with Gasteiger partial charge in [0.05, 0.1) is 22.3 Å². The first kappa shape index (κ1) is 13.1. The fraction of sp³-hybridized carbons (Fsp3) is 0. The molecule has 0 radical (unpaired) electrons. The first-order valence-electron chi connectivity index (χ1n) is 6.98. The van der Waals surface area contributed by atoms with Gasteiger partial charge in [-0.05, 0) is 40.2 Å². The van der Waals surface area contributed by atoms with Crippen LogP contribution in [0.2, 0.25) is 0 Å². The molecule has 0 amide bonds. The molecule has 0 saturated heterocycles. The maximum Gasteiger partial charge on any atom is 0.103 e. The Morgan fingerprint density at radius 1 is 0.773 bits per heavy atom. The zero-order valence-corrected chi connectivity index (χ0v) is 13.2. The second kappa shape index (κ2) is 5.01. The van der Waals surface area contributed by atoms with Gasteiger partial charge in [-0.25, -0.2) is 0 Å². The third-order valence-corrected chi connectivity index (χ3v) is 4.59. The van der Waals surface area contributed by atoms with Crippen LogP contribution < -0.4 is 0 Å². The van der Waals surface area contributed by atoms with Gasteiger partial charge in [0.25, 0.3) is 0 Å². The highest BCUT2D eigenvalue weighted by atomic mass is 79.9. The monoisotopic (exact) mass is 346 g/mol. The highest BCUT2D eigenvalue weighted by molar-refractivity contribution is 9.10. The number of rotatable bonds is 1. The van der Waals surface area contributed by atoms with Gasteiger partial charge < -0.3 is 4.57 Å². The smallest absolute Gasteiger partial charge is 0.103 e. The lowest BCUT2D eigenvalue weighted by atomic mass is 10.2. The number of halogens is 1. The molecule has 4 aromatic rings. The lowest BCUT2D eigenvalue weighted by Gasteiger charge is -2.10. The molecule has 0 aliphatic carbocycles. The molecule has 4 rings (SSSR count). The third kappa shape index (κ3) is 1.78. The summed E-state index contributed by atoms with van der Waals surface area (Å²) in [6, 6.07) is 24.8. The molecular formula is C19H11BrN2. The van der Waals surface area contributed by atoms with Gasteiger partial charge in [-0.15, -0.1) is 0 Å². The van der Waals surface area contributed by atoms with E-state index in [0.717, 1.165) is 21.2 Å². The Labute approximate surface area is 136 Å². The first-order valence-corrected chi connectivity index (χ1v) is 7.78. The van der Waals surface area contributed by atoms with E-state index in [1.54, 1.807) is 0 Å². The maximum absolute atomic E-state index is 9.55. The minimum Gasteiger partial charge on any atom is -0.308 e. The number of aromatic nitrogens is 1. The fourth-order valence-electron chi connectivity index (χ4n) is 2.99. The van der Waals surface area contributed by atoms with Crippen molar-refractivity contribution in [1.29, 1.82) is 5.26 Å². The number of benzene rings is 3. The highest BCUT2D eigenvalue weighted by Gasteiger charge is 2.15. The molecule has 1 aromatic heterocycles. The third-order valence-electron chi connectivity index (χ3n) is 3.92. The number of hydrogen-bond donors (Lipinski definition) is 0. The van der Waals surface area contributed by atoms with Crippen molar-refractivity contribution in [3.05, 3.63) is 76.8 Å². The number of nitriles is 1. The second-order valence-electron chi connectivity index (χ2n) is 5.12. The van der Waals surface area contributed by atoms with Gasteiger partial charge in [-0.1, -0.05) is 42.5 Å². The summed E-state index contributed by atoms with van der Waals surface area (Å²) in [7, 11) is 0. The molecule has 0 spiro atoms. The minimum atomic E-state index is 0.647. The molecule has 0 atom stereocenters. The summed E-state index contributed by atoms with van der Waals surface area (Å²) in [6.07, 6.45) is 0. The molecule has 0 fully saturated rings. The van der Waals surface area contributed by atoms with Crippen LogP contribution in [0.5, 0.6) is 0 Å². The van der Waals surface area contributed by atoms with E-state index >= 15 is 0 Å². The van der Waals surface area contributed by atoms with Crippen molar-refractivity contribution in [2.45, 2.75) is 0 Å². The average Bonchev–Trinajstić information content (AvgIpc) is 2.89. The maximum atomic E-state index is 9.55. The van der Waals surface area contributed by atoms with E-state index < -0.39 is 0 Å². The Morgan fingerprint density at radius 2 is 1.36 bits per heavy atom. The van der Waals surface area contributed by atoms with Gasteiger partial charge in [0, 0.05) is 15.2 Å². The van der Waals surface area contributed by atoms with Crippen LogP contribution in [0.25, 0.3) is 27.5 Å². The van der Waals surface area contributed by atoms with E-state index in [-0.39, 0.29) is 0 Å². The van der Waals surface area contributed by atoms with E-state index in [4.69, 9.17) is 0 Å². The van der Waals surface area contributed by atoms with Crippen molar-refractivity contribution in [3.63, 3.8) is 0 Å². The van der Waals surface area contributed by atoms with Gasteiger partial charge in [-0.3, -0.25) is 0 Å². The molecule has 3 heteroatoms. The van der Waals surface area contributed by atoms with Crippen molar-refractivity contribution in [1.82, 2.24) is 4.57 Å². The second-order valence-corrected chi connectivity index (χ2v) is 5.97. The SMILES string of the molecule is N#Cc1c(Br)cccc1-n1c2ccccc2c2ccccc21. The summed E-state index contributed by atoms with van der Waals surface area (Å²) in [5, 5.41) is 11.9. The summed E-state index contributed by atoms with van der Waals surface area (Å²) < 4.78 is 2.97. The number of hydrogen-bond acceptors (Lipinski definition) is 1. The molecule has 0 aliphatic rings. The Morgan fingerprint density at radius 3 is 1.95 bits per heavy atom. The van der Waals surface area contributed by atoms with Crippen LogP contribution in [0.1, 0.15) is 5.56 Å². The van der Waals surface area contributed by atoms with Gasteiger partial charge >= 0.3 is 0 Å². The normalized spacial score (nSPS) is 10.9. The molecular weight excluding hydrogens is 336 g/mol. The quantitative estimate of drug-likeness (QED) is 0.452. The Kier molecular flexibility index (Phi) is 2.99. The van der Waals surface area contributed by atoms with Crippen LogP contribution in [-0.2, 0) is 0 Å². The predicted octanol–water partition coefficient (Wildman–Crippen LogP) is 5.42. The molecule has 0 N–H and O–H groups in total. The van der Waals surface area contributed by atoms with E-state index in [0.29, 0.717) is 5.56 Å². The van der Waals surface area contributed by atoms with E-state index in [1.165, 1.54) is 10.8 Å². The van der Waals surface area contributed by atoms with Gasteiger partial charge in [0.15, 0.2) is 0 Å². The topological polar surface area (TPSA) is 28.7 Å². The van der Waals surface area contributed by atoms with E-state index in [2.05, 4.69) is 50.8 Å². The summed E-state index contributed by atoms with van der Waals surface area (Å²) in [5.74, 6) is 0. The average molecular weight is 347 g/mol. The van der Waals surface area contributed by atoms with Crippen molar-refractivity contribution >= 4 is 37.7 Å². The summed E-state index contributed by atoms with van der Waals surface area (Å²) in [6.45, 7) is 0. The molecule has 2 nitrogen and oxygen atoms in total. The van der Waals surface area contributed by atoms with Crippen molar-refractivity contribution < 1.29 is 0 Å². The molecule has 0 saturated carbocycles. The Hall–Kier alpha value is -2.57. The van der Waals surface area contributed by atoms with E-state index in [1.807, 2.05) is 42.5 Å². The Bertz CT molecular complexity index is 1000. The lowest BCUT2D eigenvalue weighted by Crippen LogP contribution is -1.97. The summed E-state index contributed by atoms with van der Waals surface area (Å²) in [4.78, 5) is 0. The fourth-order valence-corrected chi connectivity index (χ4v) is 3.44. The van der Waals surface area contributed by atoms with Crippen LogP contribution in [0, 0.1) is 11.3 Å². The summed E-state index contributed by atoms with van der Waals surface area (Å²) in [5.41, 5.74) is 3.76. The van der Waals surface area contributed by atoms with Crippen molar-refractivity contribution in [2.24, 2.45) is 0 Å². The molecule has 3 aromatic carbocycles. The molecule has 104 valence electrons. The lowest BCUT2D eigenvalue weighted by molar-refractivity contribution is 1.16. The van der Waals surface area contributed by atoms with Gasteiger partial charge in [0.1, 0.15) is 6.07 Å². The zero-order valence-electron chi connectivity index (χ0n) is 11.6. The number of para-hydroxylation sites is 2. The molecule has 22 heavy (non-hydrogen) atoms. The van der Waals surface area contributed by atoms with Crippen LogP contribution >= 0.6 is 15.9 Å². The Balaban J connectivity index is 2.24. The minimum absolute atomic E-state index is 0.647. The zero-order chi connectivity index (χ0) is 15.1. The van der Waals surface area contributed by atoms with Crippen LogP contribution in [0.15, 0.2) is 71.2 Å². The van der Waals surface area contributed by atoms with Gasteiger partial charge in [-0.2, -0.15) is 5.26 Å². The predicted molar refractivity (Wildman–Crippen MR) is 93.2 cm³/mol. The van der Waals surface area contributed by atoms with Crippen LogP contribution in [0.3, 0.4) is 0 Å². The van der Waals surface area contributed by atoms with Gasteiger partial charge in [0.2, 0.25) is 0 Å². The molecule has 1 heterocycles. The molecule has 0 aliphatic heterocycles. The summed E-state index contributed by atoms with van der Waals surface area (Å²) >= 11 is 3.49. The number of nitrogens with zero attached hydrogens (tertiary/aromatic N) is 2. The van der Waals surface area contributed by atoms with Crippen LogP contribution in [-0.4, -0.2) is 4.57 Å². The first-order chi connectivity index (χ1) is 10.8.